The van der Waals surface area contributed by atoms with Crippen molar-refractivity contribution >= 4 is 11.7 Å². The minimum atomic E-state index is -4.98. The number of carbonyl (C=O) groups excluding carboxylic acids is 1. The summed E-state index contributed by atoms with van der Waals surface area (Å²) in [6, 6.07) is 7.07. The van der Waals surface area contributed by atoms with Gasteiger partial charge in [0.1, 0.15) is 0 Å². The molecule has 0 radical (unpaired) electrons. The summed E-state index contributed by atoms with van der Waals surface area (Å²) in [5.74, 6) is 0. The minimum absolute atomic E-state index is 0.00414. The highest BCUT2D eigenvalue weighted by Crippen LogP contribution is 2.37. The molecule has 2 amide bonds. The molecule has 9 heteroatoms. The standard InChI is InChI=1S/C17H14F6N2O/c1-10-3-2-4-11(5-10)9-24-15(26)25-14-7-12(16(18,19)20)6-13(8-14)17(21,22)23/h2-8H,9H2,1H3,(H2,24,25,26). The third-order valence-electron chi connectivity index (χ3n) is 3.38. The van der Waals surface area contributed by atoms with Gasteiger partial charge in [0.05, 0.1) is 11.1 Å². The topological polar surface area (TPSA) is 41.1 Å². The van der Waals surface area contributed by atoms with Crippen LogP contribution in [0.2, 0.25) is 0 Å². The van der Waals surface area contributed by atoms with Crippen molar-refractivity contribution in [3.8, 4) is 0 Å². The zero-order valence-electron chi connectivity index (χ0n) is 13.4. The van der Waals surface area contributed by atoms with Gasteiger partial charge in [-0.25, -0.2) is 4.79 Å². The Labute approximate surface area is 145 Å². The Morgan fingerprint density at radius 3 is 2.00 bits per heavy atom. The van der Waals surface area contributed by atoms with E-state index in [1.165, 1.54) is 0 Å². The summed E-state index contributed by atoms with van der Waals surface area (Å²) in [5, 5.41) is 4.38. The number of alkyl halides is 6. The quantitative estimate of drug-likeness (QED) is 0.697. The van der Waals surface area contributed by atoms with E-state index in [0.29, 0.717) is 12.1 Å². The van der Waals surface area contributed by atoms with E-state index in [1.807, 2.05) is 18.3 Å². The Morgan fingerprint density at radius 2 is 1.50 bits per heavy atom. The zero-order chi connectivity index (χ0) is 19.5. The van der Waals surface area contributed by atoms with Gasteiger partial charge < -0.3 is 10.6 Å². The highest BCUT2D eigenvalue weighted by Gasteiger charge is 2.37. The first kappa shape index (κ1) is 19.6. The molecule has 0 bridgehead atoms. The van der Waals surface area contributed by atoms with Gasteiger partial charge in [0, 0.05) is 12.2 Å². The average molecular weight is 376 g/mol. The van der Waals surface area contributed by atoms with Crippen LogP contribution in [0.25, 0.3) is 0 Å². The molecule has 0 aromatic heterocycles. The second kappa shape index (κ2) is 7.27. The fourth-order valence-corrected chi connectivity index (χ4v) is 2.21. The predicted octanol–water partition coefficient (Wildman–Crippen LogP) is 5.35. The van der Waals surface area contributed by atoms with Crippen molar-refractivity contribution in [1.82, 2.24) is 5.32 Å². The molecule has 0 unspecified atom stereocenters. The smallest absolute Gasteiger partial charge is 0.334 e. The highest BCUT2D eigenvalue weighted by molar-refractivity contribution is 5.89. The molecule has 2 rings (SSSR count). The molecule has 0 saturated carbocycles. The van der Waals surface area contributed by atoms with Crippen molar-refractivity contribution in [3.05, 3.63) is 64.7 Å². The molecule has 0 atom stereocenters. The van der Waals surface area contributed by atoms with Crippen LogP contribution in [0.3, 0.4) is 0 Å². The minimum Gasteiger partial charge on any atom is -0.334 e. The van der Waals surface area contributed by atoms with Gasteiger partial charge in [-0.15, -0.1) is 0 Å². The molecule has 0 heterocycles. The van der Waals surface area contributed by atoms with Crippen LogP contribution in [0.4, 0.5) is 36.8 Å². The molecule has 140 valence electrons. The van der Waals surface area contributed by atoms with Crippen molar-refractivity contribution in [1.29, 1.82) is 0 Å². The molecule has 3 nitrogen and oxygen atoms in total. The molecular weight excluding hydrogens is 362 g/mol. The first-order valence-corrected chi connectivity index (χ1v) is 7.35. The number of carbonyl (C=O) groups is 1. The van der Waals surface area contributed by atoms with Crippen LogP contribution in [0.1, 0.15) is 22.3 Å². The third kappa shape index (κ3) is 5.40. The van der Waals surface area contributed by atoms with E-state index in [4.69, 9.17) is 0 Å². The predicted molar refractivity (Wildman–Crippen MR) is 83.5 cm³/mol. The van der Waals surface area contributed by atoms with Crippen LogP contribution in [-0.2, 0) is 18.9 Å². The molecule has 2 N–H and O–H groups in total. The van der Waals surface area contributed by atoms with Gasteiger partial charge in [-0.1, -0.05) is 29.8 Å². The number of urea groups is 1. The Balaban J connectivity index is 2.15. The zero-order valence-corrected chi connectivity index (χ0v) is 13.4. The molecule has 2 aromatic carbocycles. The van der Waals surface area contributed by atoms with E-state index < -0.39 is 35.2 Å². The number of halogens is 6. The van der Waals surface area contributed by atoms with E-state index in [0.717, 1.165) is 11.1 Å². The van der Waals surface area contributed by atoms with Gasteiger partial charge in [0.15, 0.2) is 0 Å². The van der Waals surface area contributed by atoms with Crippen molar-refractivity contribution in [2.45, 2.75) is 25.8 Å². The lowest BCUT2D eigenvalue weighted by Gasteiger charge is -2.15. The van der Waals surface area contributed by atoms with E-state index in [-0.39, 0.29) is 12.6 Å². The number of amides is 2. The van der Waals surface area contributed by atoms with Gasteiger partial charge in [-0.05, 0) is 30.7 Å². The summed E-state index contributed by atoms with van der Waals surface area (Å²) in [5.41, 5.74) is -1.92. The maximum atomic E-state index is 12.8. The van der Waals surface area contributed by atoms with Crippen LogP contribution < -0.4 is 10.6 Å². The van der Waals surface area contributed by atoms with Gasteiger partial charge in [0.2, 0.25) is 0 Å². The van der Waals surface area contributed by atoms with Gasteiger partial charge in [-0.2, -0.15) is 26.3 Å². The Bertz CT molecular complexity index is 766. The van der Waals surface area contributed by atoms with E-state index in [1.54, 1.807) is 18.2 Å². The summed E-state index contributed by atoms with van der Waals surface area (Å²) in [4.78, 5) is 11.8. The van der Waals surface area contributed by atoms with Crippen LogP contribution in [0.15, 0.2) is 42.5 Å². The van der Waals surface area contributed by atoms with Crippen LogP contribution in [0, 0.1) is 6.92 Å². The summed E-state index contributed by atoms with van der Waals surface area (Å²) >= 11 is 0. The molecule has 0 fully saturated rings. The maximum Gasteiger partial charge on any atom is 0.416 e. The van der Waals surface area contributed by atoms with E-state index in [9.17, 15) is 31.1 Å². The molecule has 26 heavy (non-hydrogen) atoms. The van der Waals surface area contributed by atoms with E-state index >= 15 is 0 Å². The highest BCUT2D eigenvalue weighted by atomic mass is 19.4. The lowest BCUT2D eigenvalue weighted by atomic mass is 10.1. The van der Waals surface area contributed by atoms with Crippen LogP contribution in [0.5, 0.6) is 0 Å². The normalized spacial score (nSPS) is 12.0. The second-order valence-corrected chi connectivity index (χ2v) is 5.59. The summed E-state index contributed by atoms with van der Waals surface area (Å²) in [6.45, 7) is 1.91. The number of benzene rings is 2. The lowest BCUT2D eigenvalue weighted by molar-refractivity contribution is -0.143. The van der Waals surface area contributed by atoms with E-state index in [2.05, 4.69) is 5.32 Å². The molecule has 0 aliphatic heterocycles. The van der Waals surface area contributed by atoms with Crippen molar-refractivity contribution in [3.63, 3.8) is 0 Å². The summed E-state index contributed by atoms with van der Waals surface area (Å²) in [7, 11) is 0. The first-order valence-electron chi connectivity index (χ1n) is 7.35. The largest absolute Gasteiger partial charge is 0.416 e. The summed E-state index contributed by atoms with van der Waals surface area (Å²) < 4.78 is 76.7. The number of anilines is 1. The summed E-state index contributed by atoms with van der Waals surface area (Å²) in [6.07, 6.45) is -9.95. The number of nitrogens with one attached hydrogen (secondary N) is 2. The van der Waals surface area contributed by atoms with Gasteiger partial charge >= 0.3 is 18.4 Å². The fraction of sp³-hybridized carbons (Fsp3) is 0.235. The average Bonchev–Trinajstić information content (AvgIpc) is 2.51. The SMILES string of the molecule is Cc1cccc(CNC(=O)Nc2cc(C(F)(F)F)cc(C(F)(F)F)c2)c1. The lowest BCUT2D eigenvalue weighted by Crippen LogP contribution is -2.28. The molecule has 0 saturated heterocycles. The molecule has 0 aliphatic carbocycles. The molecular formula is C17H14F6N2O. The van der Waals surface area contributed by atoms with Crippen molar-refractivity contribution in [2.75, 3.05) is 5.32 Å². The maximum absolute atomic E-state index is 12.8. The Hall–Kier alpha value is -2.71. The fourth-order valence-electron chi connectivity index (χ4n) is 2.21. The van der Waals surface area contributed by atoms with Crippen LogP contribution >= 0.6 is 0 Å². The van der Waals surface area contributed by atoms with Crippen molar-refractivity contribution < 1.29 is 31.1 Å². The third-order valence-corrected chi connectivity index (χ3v) is 3.38. The number of aryl methyl sites for hydroxylation is 1. The molecule has 2 aromatic rings. The number of hydrogen-bond donors (Lipinski definition) is 2. The van der Waals surface area contributed by atoms with Crippen molar-refractivity contribution in [2.24, 2.45) is 0 Å². The second-order valence-electron chi connectivity index (χ2n) is 5.59. The number of rotatable bonds is 3. The molecule has 0 spiro atoms. The van der Waals surface area contributed by atoms with Crippen LogP contribution in [-0.4, -0.2) is 6.03 Å². The Morgan fingerprint density at radius 1 is 0.923 bits per heavy atom. The monoisotopic (exact) mass is 376 g/mol. The van der Waals surface area contributed by atoms with Gasteiger partial charge in [0.25, 0.3) is 0 Å². The first-order chi connectivity index (χ1) is 11.9. The molecule has 0 aliphatic rings. The Kier molecular flexibility index (Phi) is 5.48. The number of hydrogen-bond acceptors (Lipinski definition) is 1. The van der Waals surface area contributed by atoms with Gasteiger partial charge in [-0.3, -0.25) is 0 Å².